The van der Waals surface area contributed by atoms with Gasteiger partial charge in [0.25, 0.3) is 0 Å². The lowest BCUT2D eigenvalue weighted by atomic mass is 10.1. The molecule has 86 valence electrons. The van der Waals surface area contributed by atoms with Gasteiger partial charge in [-0.1, -0.05) is 6.58 Å². The van der Waals surface area contributed by atoms with E-state index in [0.717, 1.165) is 24.6 Å². The number of rotatable bonds is 2. The van der Waals surface area contributed by atoms with E-state index in [1.807, 2.05) is 19.1 Å². The van der Waals surface area contributed by atoms with Crippen LogP contribution < -0.4 is 4.90 Å². The lowest BCUT2D eigenvalue weighted by molar-refractivity contribution is 0.276. The number of aryl methyl sites for hydroxylation is 1. The standard InChI is InChI=1S/C13H17FN2/c1-3-12-8-10(2)9-13(15-12)16-6-4-11(14)5-7-16/h3,8-9,11H,1,4-7H2,2H3. The number of hydrogen-bond acceptors (Lipinski definition) is 2. The number of aromatic nitrogens is 1. The lowest BCUT2D eigenvalue weighted by Crippen LogP contribution is -2.35. The van der Waals surface area contributed by atoms with Crippen molar-refractivity contribution in [3.05, 3.63) is 30.0 Å². The van der Waals surface area contributed by atoms with Crippen LogP contribution in [0, 0.1) is 6.92 Å². The smallest absolute Gasteiger partial charge is 0.129 e. The van der Waals surface area contributed by atoms with Gasteiger partial charge >= 0.3 is 0 Å². The molecule has 1 aromatic heterocycles. The molecule has 0 bridgehead atoms. The zero-order chi connectivity index (χ0) is 11.5. The van der Waals surface area contributed by atoms with Crippen molar-refractivity contribution in [3.63, 3.8) is 0 Å². The summed E-state index contributed by atoms with van der Waals surface area (Å²) in [5, 5.41) is 0. The second-order valence-corrected chi connectivity index (χ2v) is 4.29. The molecule has 1 aromatic rings. The Morgan fingerprint density at radius 3 is 2.75 bits per heavy atom. The molecule has 0 aliphatic carbocycles. The third-order valence-corrected chi connectivity index (χ3v) is 2.93. The highest BCUT2D eigenvalue weighted by Crippen LogP contribution is 2.21. The van der Waals surface area contributed by atoms with Crippen molar-refractivity contribution >= 4 is 11.9 Å². The highest BCUT2D eigenvalue weighted by Gasteiger charge is 2.19. The van der Waals surface area contributed by atoms with Crippen molar-refractivity contribution in [2.24, 2.45) is 0 Å². The maximum Gasteiger partial charge on any atom is 0.129 e. The van der Waals surface area contributed by atoms with Crippen molar-refractivity contribution in [1.29, 1.82) is 0 Å². The van der Waals surface area contributed by atoms with Gasteiger partial charge in [-0.05, 0) is 43.5 Å². The van der Waals surface area contributed by atoms with Crippen molar-refractivity contribution in [2.45, 2.75) is 25.9 Å². The average Bonchev–Trinajstić information content (AvgIpc) is 2.29. The van der Waals surface area contributed by atoms with Gasteiger partial charge in [0.2, 0.25) is 0 Å². The van der Waals surface area contributed by atoms with Gasteiger partial charge in [-0.15, -0.1) is 0 Å². The Morgan fingerprint density at radius 2 is 2.12 bits per heavy atom. The van der Waals surface area contributed by atoms with Crippen LogP contribution >= 0.6 is 0 Å². The fourth-order valence-electron chi connectivity index (χ4n) is 2.02. The Labute approximate surface area is 95.8 Å². The third kappa shape index (κ3) is 2.40. The number of hydrogen-bond donors (Lipinski definition) is 0. The summed E-state index contributed by atoms with van der Waals surface area (Å²) in [5.74, 6) is 0.946. The summed E-state index contributed by atoms with van der Waals surface area (Å²) in [4.78, 5) is 6.64. The predicted molar refractivity (Wildman–Crippen MR) is 65.4 cm³/mol. The Morgan fingerprint density at radius 1 is 1.44 bits per heavy atom. The van der Waals surface area contributed by atoms with E-state index in [0.29, 0.717) is 12.8 Å². The van der Waals surface area contributed by atoms with Crippen LogP contribution in [0.5, 0.6) is 0 Å². The maximum atomic E-state index is 13.0. The van der Waals surface area contributed by atoms with Crippen molar-refractivity contribution in [2.75, 3.05) is 18.0 Å². The van der Waals surface area contributed by atoms with Crippen LogP contribution in [0.2, 0.25) is 0 Å². The molecule has 16 heavy (non-hydrogen) atoms. The minimum absolute atomic E-state index is 0.610. The van der Waals surface area contributed by atoms with Gasteiger partial charge in [-0.3, -0.25) is 0 Å². The van der Waals surface area contributed by atoms with E-state index in [9.17, 15) is 4.39 Å². The van der Waals surface area contributed by atoms with Crippen molar-refractivity contribution in [1.82, 2.24) is 4.98 Å². The van der Waals surface area contributed by atoms with E-state index in [2.05, 4.69) is 16.5 Å². The molecule has 0 unspecified atom stereocenters. The Balaban J connectivity index is 2.19. The Kier molecular flexibility index (Phi) is 3.22. The number of halogens is 1. The van der Waals surface area contributed by atoms with Crippen molar-refractivity contribution < 1.29 is 4.39 Å². The topological polar surface area (TPSA) is 16.1 Å². The highest BCUT2D eigenvalue weighted by molar-refractivity contribution is 5.51. The first-order chi connectivity index (χ1) is 7.69. The summed E-state index contributed by atoms with van der Waals surface area (Å²) in [5.41, 5.74) is 2.06. The minimum atomic E-state index is -0.639. The average molecular weight is 220 g/mol. The lowest BCUT2D eigenvalue weighted by Gasteiger charge is -2.30. The van der Waals surface area contributed by atoms with Gasteiger partial charge in [0.05, 0.1) is 5.69 Å². The molecule has 1 aliphatic heterocycles. The number of piperidine rings is 1. The largest absolute Gasteiger partial charge is 0.356 e. The molecule has 0 atom stereocenters. The number of nitrogens with zero attached hydrogens (tertiary/aromatic N) is 2. The molecular formula is C13H17FN2. The van der Waals surface area contributed by atoms with Gasteiger partial charge in [-0.25, -0.2) is 9.37 Å². The second kappa shape index (κ2) is 4.64. The number of alkyl halides is 1. The van der Waals surface area contributed by atoms with Gasteiger partial charge in [0, 0.05) is 13.1 Å². The SMILES string of the molecule is C=Cc1cc(C)cc(N2CCC(F)CC2)n1. The van der Waals surface area contributed by atoms with Gasteiger partial charge in [-0.2, -0.15) is 0 Å². The van der Waals surface area contributed by atoms with E-state index >= 15 is 0 Å². The molecule has 1 saturated heterocycles. The maximum absolute atomic E-state index is 13.0. The molecule has 3 heteroatoms. The summed E-state index contributed by atoms with van der Waals surface area (Å²) in [6.07, 6.45) is 2.33. The molecule has 2 heterocycles. The normalized spacial score (nSPS) is 17.5. The van der Waals surface area contributed by atoms with Crippen LogP contribution in [-0.4, -0.2) is 24.2 Å². The van der Waals surface area contributed by atoms with Crippen LogP contribution in [0.25, 0.3) is 6.08 Å². The van der Waals surface area contributed by atoms with E-state index in [1.165, 1.54) is 5.56 Å². The molecule has 2 rings (SSSR count). The molecule has 0 N–H and O–H groups in total. The van der Waals surface area contributed by atoms with Crippen LogP contribution in [0.1, 0.15) is 24.1 Å². The predicted octanol–water partition coefficient (Wildman–Crippen LogP) is 2.97. The van der Waals surface area contributed by atoms with E-state index < -0.39 is 6.17 Å². The van der Waals surface area contributed by atoms with E-state index in [1.54, 1.807) is 6.08 Å². The molecule has 2 nitrogen and oxygen atoms in total. The Hall–Kier alpha value is -1.38. The minimum Gasteiger partial charge on any atom is -0.356 e. The van der Waals surface area contributed by atoms with Crippen LogP contribution in [-0.2, 0) is 0 Å². The summed E-state index contributed by atoms with van der Waals surface area (Å²) in [6.45, 7) is 7.29. The zero-order valence-electron chi connectivity index (χ0n) is 9.62. The fraction of sp³-hybridized carbons (Fsp3) is 0.462. The molecule has 0 saturated carbocycles. The van der Waals surface area contributed by atoms with Crippen LogP contribution in [0.4, 0.5) is 10.2 Å². The van der Waals surface area contributed by atoms with E-state index in [4.69, 9.17) is 0 Å². The first-order valence-corrected chi connectivity index (χ1v) is 5.69. The van der Waals surface area contributed by atoms with Gasteiger partial charge < -0.3 is 4.90 Å². The second-order valence-electron chi connectivity index (χ2n) is 4.29. The van der Waals surface area contributed by atoms with Crippen molar-refractivity contribution in [3.8, 4) is 0 Å². The summed E-state index contributed by atoms with van der Waals surface area (Å²) < 4.78 is 13.0. The molecule has 0 spiro atoms. The molecule has 0 amide bonds. The molecule has 1 aliphatic rings. The van der Waals surface area contributed by atoms with Crippen LogP contribution in [0.3, 0.4) is 0 Å². The van der Waals surface area contributed by atoms with Gasteiger partial charge in [0.15, 0.2) is 0 Å². The number of pyridine rings is 1. The first kappa shape index (κ1) is 11.1. The molecule has 0 radical (unpaired) electrons. The molecule has 1 fully saturated rings. The highest BCUT2D eigenvalue weighted by atomic mass is 19.1. The summed E-state index contributed by atoms with van der Waals surface area (Å²) in [7, 11) is 0. The summed E-state index contributed by atoms with van der Waals surface area (Å²) >= 11 is 0. The zero-order valence-corrected chi connectivity index (χ0v) is 9.62. The third-order valence-electron chi connectivity index (χ3n) is 2.93. The molecular weight excluding hydrogens is 203 g/mol. The Bertz CT molecular complexity index is 382. The first-order valence-electron chi connectivity index (χ1n) is 5.69. The molecule has 0 aromatic carbocycles. The van der Waals surface area contributed by atoms with E-state index in [-0.39, 0.29) is 0 Å². The summed E-state index contributed by atoms with van der Waals surface area (Å²) in [6, 6.07) is 4.05. The fourth-order valence-corrected chi connectivity index (χ4v) is 2.02. The quantitative estimate of drug-likeness (QED) is 0.761. The number of anilines is 1. The van der Waals surface area contributed by atoms with Gasteiger partial charge in [0.1, 0.15) is 12.0 Å². The van der Waals surface area contributed by atoms with Crippen LogP contribution in [0.15, 0.2) is 18.7 Å². The monoisotopic (exact) mass is 220 g/mol.